The van der Waals surface area contributed by atoms with Crippen LogP contribution in [-0.4, -0.2) is 47.3 Å². The molecule has 1 aliphatic heterocycles. The number of ether oxygens (including phenoxy) is 1. The molecule has 1 aliphatic rings. The highest BCUT2D eigenvalue weighted by atomic mass is 16.5. The highest BCUT2D eigenvalue weighted by molar-refractivity contribution is 5.82. The summed E-state index contributed by atoms with van der Waals surface area (Å²) < 4.78 is 10.0. The lowest BCUT2D eigenvalue weighted by molar-refractivity contribution is 0.0336. The minimum Gasteiger partial charge on any atom is -0.474 e. The smallest absolute Gasteiger partial charge is 0.392 e. The van der Waals surface area contributed by atoms with Gasteiger partial charge in [-0.25, -0.2) is 9.78 Å². The molecule has 0 radical (unpaired) electrons. The molecule has 1 fully saturated rings. The van der Waals surface area contributed by atoms with E-state index in [1.54, 1.807) is 0 Å². The summed E-state index contributed by atoms with van der Waals surface area (Å²) >= 11 is 0. The highest BCUT2D eigenvalue weighted by Gasteiger charge is 2.15. The van der Waals surface area contributed by atoms with E-state index in [-0.39, 0.29) is 5.89 Å². The maximum Gasteiger partial charge on any atom is 0.392 e. The van der Waals surface area contributed by atoms with Crippen LogP contribution in [0.4, 0.5) is 0 Å². The van der Waals surface area contributed by atoms with Crippen molar-refractivity contribution in [3.8, 4) is 0 Å². The van der Waals surface area contributed by atoms with Crippen LogP contribution in [0.15, 0.2) is 10.7 Å². The maximum atomic E-state index is 10.5. The molecule has 1 N–H and O–H groups in total. The molecule has 0 amide bonds. The van der Waals surface area contributed by atoms with Crippen molar-refractivity contribution in [1.29, 1.82) is 0 Å². The van der Waals surface area contributed by atoms with Gasteiger partial charge in [0.2, 0.25) is 0 Å². The quantitative estimate of drug-likeness (QED) is 0.771. The maximum absolute atomic E-state index is 10.5. The first kappa shape index (κ1) is 10.1. The van der Waals surface area contributed by atoms with Crippen LogP contribution >= 0.6 is 0 Å². The molecule has 6 nitrogen and oxygen atoms in total. The Morgan fingerprint density at radius 3 is 2.87 bits per heavy atom. The zero-order chi connectivity index (χ0) is 10.7. The van der Waals surface area contributed by atoms with Crippen molar-refractivity contribution in [2.75, 3.05) is 26.3 Å². The standard InChI is InChI=1S/C9H12N2O4/c12-9(13)8-10-7(6-15-8)5-11-1-3-14-4-2-11/h6H,1-5H2,(H,12,13). The number of carbonyl (C=O) groups is 1. The van der Waals surface area contributed by atoms with Crippen LogP contribution in [0.1, 0.15) is 16.4 Å². The van der Waals surface area contributed by atoms with Crippen LogP contribution in [0.5, 0.6) is 0 Å². The van der Waals surface area contributed by atoms with E-state index in [2.05, 4.69) is 9.88 Å². The van der Waals surface area contributed by atoms with E-state index in [0.717, 1.165) is 13.1 Å². The average Bonchev–Trinajstić information content (AvgIpc) is 2.68. The van der Waals surface area contributed by atoms with Crippen LogP contribution in [0.25, 0.3) is 0 Å². The lowest BCUT2D eigenvalue weighted by Gasteiger charge is -2.25. The number of hydrogen-bond acceptors (Lipinski definition) is 5. The number of carboxylic acid groups (broad SMARTS) is 1. The third kappa shape index (κ3) is 2.54. The summed E-state index contributed by atoms with van der Waals surface area (Å²) in [6.07, 6.45) is 1.39. The molecular formula is C9H12N2O4. The SMILES string of the molecule is O=C(O)c1nc(CN2CCOCC2)co1. The Bertz CT molecular complexity index is 344. The number of nitrogens with zero attached hydrogens (tertiary/aromatic N) is 2. The number of aromatic carboxylic acids is 1. The molecule has 2 rings (SSSR count). The summed E-state index contributed by atoms with van der Waals surface area (Å²) in [5, 5.41) is 8.61. The number of morpholine rings is 1. The summed E-state index contributed by atoms with van der Waals surface area (Å²) in [5.41, 5.74) is 0.648. The van der Waals surface area contributed by atoms with Gasteiger partial charge in [0.05, 0.1) is 18.9 Å². The van der Waals surface area contributed by atoms with Gasteiger partial charge in [-0.3, -0.25) is 4.90 Å². The molecule has 0 unspecified atom stereocenters. The van der Waals surface area contributed by atoms with E-state index < -0.39 is 5.97 Å². The van der Waals surface area contributed by atoms with E-state index in [4.69, 9.17) is 14.3 Å². The lowest BCUT2D eigenvalue weighted by atomic mass is 10.3. The molecule has 1 saturated heterocycles. The summed E-state index contributed by atoms with van der Waals surface area (Å²) in [5.74, 6) is -1.39. The molecule has 82 valence electrons. The Kier molecular flexibility index (Phi) is 2.98. The van der Waals surface area contributed by atoms with Gasteiger partial charge in [0, 0.05) is 19.6 Å². The van der Waals surface area contributed by atoms with Crippen molar-refractivity contribution >= 4 is 5.97 Å². The molecule has 1 aromatic heterocycles. The topological polar surface area (TPSA) is 75.8 Å². The number of hydrogen-bond donors (Lipinski definition) is 1. The van der Waals surface area contributed by atoms with E-state index in [1.165, 1.54) is 6.26 Å². The molecule has 0 aromatic carbocycles. The minimum absolute atomic E-state index is 0.252. The van der Waals surface area contributed by atoms with Crippen molar-refractivity contribution < 1.29 is 19.1 Å². The molecule has 0 spiro atoms. The summed E-state index contributed by atoms with van der Waals surface area (Å²) in [4.78, 5) is 16.5. The number of carboxylic acids is 1. The first-order valence-electron chi connectivity index (χ1n) is 4.73. The van der Waals surface area contributed by atoms with E-state index in [0.29, 0.717) is 25.5 Å². The molecule has 2 heterocycles. The van der Waals surface area contributed by atoms with Crippen LogP contribution in [0.2, 0.25) is 0 Å². The van der Waals surface area contributed by atoms with Crippen molar-refractivity contribution in [3.63, 3.8) is 0 Å². The fourth-order valence-corrected chi connectivity index (χ4v) is 1.47. The van der Waals surface area contributed by atoms with Gasteiger partial charge in [0.25, 0.3) is 0 Å². The van der Waals surface area contributed by atoms with E-state index >= 15 is 0 Å². The molecule has 0 bridgehead atoms. The van der Waals surface area contributed by atoms with E-state index in [9.17, 15) is 4.79 Å². The summed E-state index contributed by atoms with van der Waals surface area (Å²) in [6.45, 7) is 3.72. The number of rotatable bonds is 3. The minimum atomic E-state index is -1.14. The van der Waals surface area contributed by atoms with Gasteiger partial charge in [-0.05, 0) is 0 Å². The van der Waals surface area contributed by atoms with Crippen LogP contribution in [0, 0.1) is 0 Å². The predicted octanol–water partition coefficient (Wildman–Crippen LogP) is 0.205. The second-order valence-corrected chi connectivity index (χ2v) is 3.34. The van der Waals surface area contributed by atoms with Crippen molar-refractivity contribution in [1.82, 2.24) is 9.88 Å². The Balaban J connectivity index is 1.94. The molecule has 0 atom stereocenters. The Morgan fingerprint density at radius 1 is 1.53 bits per heavy atom. The summed E-state index contributed by atoms with van der Waals surface area (Å²) in [7, 11) is 0. The van der Waals surface area contributed by atoms with Crippen molar-refractivity contribution in [2.45, 2.75) is 6.54 Å². The Hall–Kier alpha value is -1.40. The first-order valence-corrected chi connectivity index (χ1v) is 4.73. The van der Waals surface area contributed by atoms with Crippen LogP contribution < -0.4 is 0 Å². The fraction of sp³-hybridized carbons (Fsp3) is 0.556. The van der Waals surface area contributed by atoms with Gasteiger partial charge in [-0.1, -0.05) is 0 Å². The average molecular weight is 212 g/mol. The molecule has 0 saturated carbocycles. The van der Waals surface area contributed by atoms with Crippen LogP contribution in [-0.2, 0) is 11.3 Å². The molecule has 0 aliphatic carbocycles. The molecular weight excluding hydrogens is 200 g/mol. The second-order valence-electron chi connectivity index (χ2n) is 3.34. The van der Waals surface area contributed by atoms with Gasteiger partial charge in [0.15, 0.2) is 0 Å². The van der Waals surface area contributed by atoms with E-state index in [1.807, 2.05) is 0 Å². The Morgan fingerprint density at radius 2 is 2.27 bits per heavy atom. The zero-order valence-electron chi connectivity index (χ0n) is 8.18. The normalized spacial score (nSPS) is 17.9. The van der Waals surface area contributed by atoms with Crippen molar-refractivity contribution in [2.24, 2.45) is 0 Å². The lowest BCUT2D eigenvalue weighted by Crippen LogP contribution is -2.35. The zero-order valence-corrected chi connectivity index (χ0v) is 8.18. The van der Waals surface area contributed by atoms with Gasteiger partial charge >= 0.3 is 11.9 Å². The Labute approximate surface area is 86.5 Å². The highest BCUT2D eigenvalue weighted by Crippen LogP contribution is 2.07. The second kappa shape index (κ2) is 4.41. The largest absolute Gasteiger partial charge is 0.474 e. The molecule has 1 aromatic rings. The third-order valence-electron chi connectivity index (χ3n) is 2.22. The van der Waals surface area contributed by atoms with Gasteiger partial charge in [0.1, 0.15) is 6.26 Å². The fourth-order valence-electron chi connectivity index (χ4n) is 1.47. The van der Waals surface area contributed by atoms with Gasteiger partial charge in [-0.15, -0.1) is 0 Å². The summed E-state index contributed by atoms with van der Waals surface area (Å²) in [6, 6.07) is 0. The predicted molar refractivity (Wildman–Crippen MR) is 49.6 cm³/mol. The third-order valence-corrected chi connectivity index (χ3v) is 2.22. The van der Waals surface area contributed by atoms with Gasteiger partial charge in [-0.2, -0.15) is 0 Å². The van der Waals surface area contributed by atoms with Gasteiger partial charge < -0.3 is 14.3 Å². The molecule has 15 heavy (non-hydrogen) atoms. The van der Waals surface area contributed by atoms with Crippen LogP contribution in [0.3, 0.4) is 0 Å². The van der Waals surface area contributed by atoms with Crippen molar-refractivity contribution in [3.05, 3.63) is 17.8 Å². The number of aromatic nitrogens is 1. The first-order chi connectivity index (χ1) is 7.25. The number of oxazole rings is 1. The molecule has 6 heteroatoms. The monoisotopic (exact) mass is 212 g/mol.